The summed E-state index contributed by atoms with van der Waals surface area (Å²) in [4.78, 5) is 10.9. The van der Waals surface area contributed by atoms with Crippen LogP contribution in [0.4, 0.5) is 0 Å². The summed E-state index contributed by atoms with van der Waals surface area (Å²) >= 11 is 5.30. The molecule has 0 radical (unpaired) electrons. The van der Waals surface area contributed by atoms with Gasteiger partial charge in [-0.1, -0.05) is 5.16 Å². The summed E-state index contributed by atoms with van der Waals surface area (Å²) in [5.41, 5.74) is 0.996. The summed E-state index contributed by atoms with van der Waals surface area (Å²) in [5.74, 6) is 1.03. The fraction of sp³-hybridized carbons (Fsp3) is 0.529. The van der Waals surface area contributed by atoms with Crippen LogP contribution in [0.15, 0.2) is 37.8 Å². The smallest absolute Gasteiger partial charge is 0.194 e. The number of aromatic nitrogens is 1. The van der Waals surface area contributed by atoms with Gasteiger partial charge in [0, 0.05) is 63.2 Å². The Morgan fingerprint density at radius 2 is 2.16 bits per heavy atom. The summed E-state index contributed by atoms with van der Waals surface area (Å²) in [5, 5.41) is 7.42. The first kappa shape index (κ1) is 18.4. The van der Waals surface area contributed by atoms with E-state index in [9.17, 15) is 0 Å². The highest BCUT2D eigenvalue weighted by molar-refractivity contribution is 9.11. The zero-order valence-electron chi connectivity index (χ0n) is 14.4. The lowest BCUT2D eigenvalue weighted by atomic mass is 10.3. The molecule has 0 aromatic carbocycles. The summed E-state index contributed by atoms with van der Waals surface area (Å²) in [7, 11) is 0. The number of rotatable bonds is 6. The molecule has 1 saturated heterocycles. The van der Waals surface area contributed by atoms with Gasteiger partial charge in [0.15, 0.2) is 5.96 Å². The predicted molar refractivity (Wildman–Crippen MR) is 105 cm³/mol. The van der Waals surface area contributed by atoms with E-state index in [4.69, 9.17) is 9.52 Å². The van der Waals surface area contributed by atoms with Gasteiger partial charge < -0.3 is 14.7 Å². The molecule has 0 bridgehead atoms. The highest BCUT2D eigenvalue weighted by Gasteiger charge is 2.20. The average molecular weight is 426 g/mol. The van der Waals surface area contributed by atoms with Crippen molar-refractivity contribution in [2.45, 2.75) is 19.9 Å². The van der Waals surface area contributed by atoms with Gasteiger partial charge in [0.1, 0.15) is 6.26 Å². The van der Waals surface area contributed by atoms with Gasteiger partial charge in [0.2, 0.25) is 0 Å². The maximum Gasteiger partial charge on any atom is 0.194 e. The van der Waals surface area contributed by atoms with Crippen LogP contribution in [0.25, 0.3) is 0 Å². The molecule has 8 heteroatoms. The van der Waals surface area contributed by atoms with E-state index in [1.165, 1.54) is 8.66 Å². The third kappa shape index (κ3) is 5.55. The molecule has 1 N–H and O–H groups in total. The van der Waals surface area contributed by atoms with Crippen molar-refractivity contribution >= 4 is 33.2 Å². The molecule has 3 heterocycles. The first-order valence-corrected chi connectivity index (χ1v) is 10.2. The Morgan fingerprint density at radius 3 is 2.80 bits per heavy atom. The zero-order chi connectivity index (χ0) is 17.5. The van der Waals surface area contributed by atoms with E-state index in [0.29, 0.717) is 0 Å². The topological polar surface area (TPSA) is 56.9 Å². The number of hydrogen-bond donors (Lipinski definition) is 1. The molecule has 0 amide bonds. The van der Waals surface area contributed by atoms with E-state index >= 15 is 0 Å². The minimum absolute atomic E-state index is 0.814. The number of aliphatic imine (C=N–C) groups is 1. The van der Waals surface area contributed by atoms with Crippen molar-refractivity contribution in [3.8, 4) is 0 Å². The molecule has 3 rings (SSSR count). The quantitative estimate of drug-likeness (QED) is 0.569. The van der Waals surface area contributed by atoms with Crippen LogP contribution >= 0.6 is 27.3 Å². The lowest BCUT2D eigenvalue weighted by molar-refractivity contribution is 0.169. The van der Waals surface area contributed by atoms with Crippen LogP contribution in [0.5, 0.6) is 0 Å². The Kier molecular flexibility index (Phi) is 6.89. The van der Waals surface area contributed by atoms with Crippen LogP contribution < -0.4 is 5.32 Å². The zero-order valence-corrected chi connectivity index (χ0v) is 16.9. The van der Waals surface area contributed by atoms with Gasteiger partial charge >= 0.3 is 0 Å². The van der Waals surface area contributed by atoms with Gasteiger partial charge in [0.25, 0.3) is 0 Å². The van der Waals surface area contributed by atoms with Gasteiger partial charge in [-0.3, -0.25) is 9.89 Å². The maximum absolute atomic E-state index is 4.91. The minimum Gasteiger partial charge on any atom is -0.364 e. The molecular formula is C17H24BrN5OS. The lowest BCUT2D eigenvalue weighted by Gasteiger charge is -2.36. The van der Waals surface area contributed by atoms with Crippen molar-refractivity contribution in [1.82, 2.24) is 20.3 Å². The van der Waals surface area contributed by atoms with E-state index in [2.05, 4.69) is 55.3 Å². The normalized spacial score (nSPS) is 16.4. The van der Waals surface area contributed by atoms with Crippen LogP contribution in [0.2, 0.25) is 0 Å². The van der Waals surface area contributed by atoms with Crippen LogP contribution in [0.1, 0.15) is 17.5 Å². The lowest BCUT2D eigenvalue weighted by Crippen LogP contribution is -2.52. The van der Waals surface area contributed by atoms with Crippen LogP contribution in [-0.2, 0) is 13.0 Å². The molecule has 0 aliphatic carbocycles. The first-order chi connectivity index (χ1) is 12.2. The number of piperazine rings is 1. The summed E-state index contributed by atoms with van der Waals surface area (Å²) in [6.45, 7) is 8.65. The summed E-state index contributed by atoms with van der Waals surface area (Å²) in [6.07, 6.45) is 2.62. The van der Waals surface area contributed by atoms with Crippen LogP contribution in [0, 0.1) is 0 Å². The molecule has 0 unspecified atom stereocenters. The molecule has 6 nitrogen and oxygen atoms in total. The van der Waals surface area contributed by atoms with E-state index in [-0.39, 0.29) is 0 Å². The number of halogens is 1. The van der Waals surface area contributed by atoms with Crippen molar-refractivity contribution in [2.24, 2.45) is 4.99 Å². The van der Waals surface area contributed by atoms with E-state index in [0.717, 1.165) is 63.9 Å². The average Bonchev–Trinajstić information content (AvgIpc) is 3.27. The highest BCUT2D eigenvalue weighted by atomic mass is 79.9. The number of nitrogens with zero attached hydrogens (tertiary/aromatic N) is 4. The third-order valence-corrected chi connectivity index (χ3v) is 5.82. The Morgan fingerprint density at radius 1 is 1.32 bits per heavy atom. The van der Waals surface area contributed by atoms with Gasteiger partial charge in [0.05, 0.1) is 9.48 Å². The monoisotopic (exact) mass is 425 g/mol. The molecule has 1 fully saturated rings. The summed E-state index contributed by atoms with van der Waals surface area (Å²) in [6, 6.07) is 6.20. The molecule has 0 saturated carbocycles. The summed E-state index contributed by atoms with van der Waals surface area (Å²) < 4.78 is 6.09. The number of thiophene rings is 1. The third-order valence-electron chi connectivity index (χ3n) is 4.13. The molecule has 1 aliphatic heterocycles. The molecule has 0 atom stereocenters. The fourth-order valence-electron chi connectivity index (χ4n) is 2.85. The SMILES string of the molecule is CCNC(=NCCc1ccc(Br)s1)N1CCN(Cc2ccon2)CC1. The Balaban J connectivity index is 1.49. The molecule has 136 valence electrons. The van der Waals surface area contributed by atoms with Gasteiger partial charge in [-0.15, -0.1) is 11.3 Å². The number of nitrogens with one attached hydrogen (secondary N) is 1. The molecule has 2 aromatic heterocycles. The highest BCUT2D eigenvalue weighted by Crippen LogP contribution is 2.22. The molecule has 25 heavy (non-hydrogen) atoms. The Labute approximate surface area is 161 Å². The standard InChI is InChI=1S/C17H24BrN5OS/c1-2-19-17(20-7-5-15-3-4-16(18)25-15)23-10-8-22(9-11-23)13-14-6-12-24-21-14/h3-4,6,12H,2,5,7-11,13H2,1H3,(H,19,20). The van der Waals surface area contributed by atoms with Gasteiger partial charge in [-0.05, 0) is 35.0 Å². The van der Waals surface area contributed by atoms with Crippen molar-refractivity contribution in [3.05, 3.63) is 38.8 Å². The van der Waals surface area contributed by atoms with Crippen molar-refractivity contribution in [3.63, 3.8) is 0 Å². The van der Waals surface area contributed by atoms with E-state index in [1.54, 1.807) is 17.6 Å². The van der Waals surface area contributed by atoms with E-state index in [1.807, 2.05) is 6.07 Å². The molecule has 2 aromatic rings. The second kappa shape index (κ2) is 9.35. The first-order valence-electron chi connectivity index (χ1n) is 8.63. The van der Waals surface area contributed by atoms with Crippen molar-refractivity contribution < 1.29 is 4.52 Å². The largest absolute Gasteiger partial charge is 0.364 e. The van der Waals surface area contributed by atoms with Gasteiger partial charge in [-0.2, -0.15) is 0 Å². The number of guanidine groups is 1. The van der Waals surface area contributed by atoms with Gasteiger partial charge in [-0.25, -0.2) is 0 Å². The second-order valence-electron chi connectivity index (χ2n) is 5.95. The molecule has 0 spiro atoms. The van der Waals surface area contributed by atoms with Crippen LogP contribution in [-0.4, -0.2) is 60.2 Å². The minimum atomic E-state index is 0.814. The van der Waals surface area contributed by atoms with Crippen molar-refractivity contribution in [1.29, 1.82) is 0 Å². The maximum atomic E-state index is 4.91. The fourth-order valence-corrected chi connectivity index (χ4v) is 4.32. The Hall–Kier alpha value is -1.38. The van der Waals surface area contributed by atoms with Crippen molar-refractivity contribution in [2.75, 3.05) is 39.3 Å². The number of hydrogen-bond acceptors (Lipinski definition) is 5. The van der Waals surface area contributed by atoms with E-state index < -0.39 is 0 Å². The Bertz CT molecular complexity index is 664. The predicted octanol–water partition coefficient (Wildman–Crippen LogP) is 2.82. The molecule has 1 aliphatic rings. The van der Waals surface area contributed by atoms with Crippen LogP contribution in [0.3, 0.4) is 0 Å². The second-order valence-corrected chi connectivity index (χ2v) is 8.49. The molecular weight excluding hydrogens is 402 g/mol.